The molecular formula is C15H17N7O2. The zero-order chi connectivity index (χ0) is 16.4. The Kier molecular flexibility index (Phi) is 3.91. The fraction of sp³-hybridized carbons (Fsp3) is 0.400. The molecule has 4 rings (SSSR count). The van der Waals surface area contributed by atoms with Gasteiger partial charge in [-0.3, -0.25) is 4.79 Å². The Morgan fingerprint density at radius 2 is 2.12 bits per heavy atom. The van der Waals surface area contributed by atoms with Crippen LogP contribution in [0.2, 0.25) is 0 Å². The van der Waals surface area contributed by atoms with E-state index in [1.807, 2.05) is 0 Å². The van der Waals surface area contributed by atoms with Gasteiger partial charge in [-0.25, -0.2) is 19.9 Å². The molecule has 2 N–H and O–H groups in total. The van der Waals surface area contributed by atoms with Gasteiger partial charge in [-0.2, -0.15) is 0 Å². The van der Waals surface area contributed by atoms with E-state index in [0.717, 1.165) is 30.1 Å². The molecular weight excluding hydrogens is 310 g/mol. The van der Waals surface area contributed by atoms with Gasteiger partial charge in [0.1, 0.15) is 11.8 Å². The topological polar surface area (TPSA) is 113 Å². The maximum atomic E-state index is 11.4. The number of aromatic nitrogens is 6. The van der Waals surface area contributed by atoms with E-state index in [4.69, 9.17) is 4.74 Å². The normalized spacial score (nSPS) is 18.7. The lowest BCUT2D eigenvalue weighted by molar-refractivity contribution is 0.123. The van der Waals surface area contributed by atoms with Gasteiger partial charge in [0.05, 0.1) is 25.9 Å². The number of anilines is 1. The third-order valence-electron chi connectivity index (χ3n) is 4.07. The summed E-state index contributed by atoms with van der Waals surface area (Å²) >= 11 is 0. The molecule has 0 aliphatic carbocycles. The highest BCUT2D eigenvalue weighted by Crippen LogP contribution is 2.22. The number of aromatic amines is 2. The lowest BCUT2D eigenvalue weighted by atomic mass is 10.0. The highest BCUT2D eigenvalue weighted by Gasteiger charge is 2.22. The third kappa shape index (κ3) is 2.98. The maximum absolute atomic E-state index is 11.4. The predicted octanol–water partition coefficient (Wildman–Crippen LogP) is 0.132. The van der Waals surface area contributed by atoms with Gasteiger partial charge in [0.15, 0.2) is 11.5 Å². The predicted molar refractivity (Wildman–Crippen MR) is 86.8 cm³/mol. The molecule has 1 fully saturated rings. The molecule has 1 saturated heterocycles. The summed E-state index contributed by atoms with van der Waals surface area (Å²) < 4.78 is 5.73. The molecule has 1 aliphatic rings. The van der Waals surface area contributed by atoms with Crippen molar-refractivity contribution in [1.29, 1.82) is 0 Å². The van der Waals surface area contributed by atoms with Gasteiger partial charge in [0.25, 0.3) is 5.56 Å². The molecule has 9 heteroatoms. The monoisotopic (exact) mass is 327 g/mol. The Hall–Kier alpha value is -2.81. The quantitative estimate of drug-likeness (QED) is 0.703. The Morgan fingerprint density at radius 3 is 3.04 bits per heavy atom. The van der Waals surface area contributed by atoms with Crippen molar-refractivity contribution in [3.8, 4) is 0 Å². The van der Waals surface area contributed by atoms with Gasteiger partial charge in [-0.15, -0.1) is 0 Å². The summed E-state index contributed by atoms with van der Waals surface area (Å²) in [5.41, 5.74) is 2.11. The van der Waals surface area contributed by atoms with Crippen molar-refractivity contribution in [2.24, 2.45) is 5.92 Å². The van der Waals surface area contributed by atoms with Gasteiger partial charge in [-0.1, -0.05) is 0 Å². The van der Waals surface area contributed by atoms with Crippen LogP contribution < -0.4 is 10.5 Å². The number of hydrogen-bond acceptors (Lipinski definition) is 7. The molecule has 0 saturated carbocycles. The Labute approximate surface area is 137 Å². The zero-order valence-corrected chi connectivity index (χ0v) is 13.0. The molecule has 4 heterocycles. The van der Waals surface area contributed by atoms with E-state index in [1.54, 1.807) is 6.33 Å². The first-order valence-corrected chi connectivity index (χ1v) is 7.80. The summed E-state index contributed by atoms with van der Waals surface area (Å²) in [6.45, 7) is 2.76. The lowest BCUT2D eigenvalue weighted by Crippen LogP contribution is -2.32. The molecule has 1 atom stereocenters. The summed E-state index contributed by atoms with van der Waals surface area (Å²) in [4.78, 5) is 36.2. The van der Waals surface area contributed by atoms with E-state index in [0.29, 0.717) is 25.3 Å². The van der Waals surface area contributed by atoms with Crippen LogP contribution in [0.15, 0.2) is 29.8 Å². The van der Waals surface area contributed by atoms with Crippen LogP contribution in [0, 0.1) is 5.92 Å². The van der Waals surface area contributed by atoms with E-state index in [1.165, 1.54) is 18.7 Å². The minimum Gasteiger partial charge on any atom is -0.379 e. The largest absolute Gasteiger partial charge is 0.379 e. The van der Waals surface area contributed by atoms with Crippen molar-refractivity contribution in [3.05, 3.63) is 41.1 Å². The van der Waals surface area contributed by atoms with Gasteiger partial charge in [0.2, 0.25) is 0 Å². The lowest BCUT2D eigenvalue weighted by Gasteiger charge is -2.24. The van der Waals surface area contributed by atoms with Gasteiger partial charge >= 0.3 is 0 Å². The molecule has 0 amide bonds. The number of rotatable bonds is 3. The minimum absolute atomic E-state index is 0.138. The second-order valence-electron chi connectivity index (χ2n) is 5.79. The van der Waals surface area contributed by atoms with Crippen LogP contribution in [-0.2, 0) is 11.2 Å². The summed E-state index contributed by atoms with van der Waals surface area (Å²) in [6.07, 6.45) is 5.26. The van der Waals surface area contributed by atoms with Crippen LogP contribution >= 0.6 is 0 Å². The number of hydrogen-bond donors (Lipinski definition) is 2. The molecule has 0 bridgehead atoms. The average Bonchev–Trinajstić information content (AvgIpc) is 2.95. The number of ether oxygens (including phenoxy) is 1. The first kappa shape index (κ1) is 14.8. The highest BCUT2D eigenvalue weighted by atomic mass is 16.5. The van der Waals surface area contributed by atoms with Crippen molar-refractivity contribution < 1.29 is 4.74 Å². The van der Waals surface area contributed by atoms with Crippen molar-refractivity contribution in [2.45, 2.75) is 6.42 Å². The first-order valence-electron chi connectivity index (χ1n) is 7.80. The smallest absolute Gasteiger partial charge is 0.250 e. The summed E-state index contributed by atoms with van der Waals surface area (Å²) in [5, 5.41) is 0. The summed E-state index contributed by atoms with van der Waals surface area (Å²) in [7, 11) is 0. The van der Waals surface area contributed by atoms with Crippen molar-refractivity contribution in [3.63, 3.8) is 0 Å². The number of nitrogens with one attached hydrogen (secondary N) is 2. The van der Waals surface area contributed by atoms with E-state index in [-0.39, 0.29) is 11.5 Å². The SMILES string of the molecule is O=c1cc(CC2COCCN(c3ncnc4nc[nH]c34)C2)nc[nH]1. The van der Waals surface area contributed by atoms with Gasteiger partial charge < -0.3 is 19.6 Å². The maximum Gasteiger partial charge on any atom is 0.250 e. The second kappa shape index (κ2) is 6.36. The first-order chi connectivity index (χ1) is 11.8. The molecule has 1 aliphatic heterocycles. The molecule has 1 unspecified atom stereocenters. The molecule has 0 radical (unpaired) electrons. The Morgan fingerprint density at radius 1 is 1.21 bits per heavy atom. The van der Waals surface area contributed by atoms with E-state index < -0.39 is 0 Å². The van der Waals surface area contributed by atoms with E-state index >= 15 is 0 Å². The van der Waals surface area contributed by atoms with Gasteiger partial charge in [0, 0.05) is 30.8 Å². The highest BCUT2D eigenvalue weighted by molar-refractivity contribution is 5.82. The van der Waals surface area contributed by atoms with Crippen molar-refractivity contribution in [2.75, 3.05) is 31.2 Å². The minimum atomic E-state index is -0.138. The molecule has 0 aromatic carbocycles. The molecule has 3 aromatic rings. The molecule has 24 heavy (non-hydrogen) atoms. The number of nitrogens with zero attached hydrogens (tertiary/aromatic N) is 5. The van der Waals surface area contributed by atoms with Crippen LogP contribution in [0.1, 0.15) is 5.69 Å². The van der Waals surface area contributed by atoms with Gasteiger partial charge in [-0.05, 0) is 6.42 Å². The summed E-state index contributed by atoms with van der Waals surface area (Å²) in [5.74, 6) is 1.04. The second-order valence-corrected chi connectivity index (χ2v) is 5.79. The molecule has 9 nitrogen and oxygen atoms in total. The Balaban J connectivity index is 1.58. The molecule has 124 valence electrons. The summed E-state index contributed by atoms with van der Waals surface area (Å²) in [6, 6.07) is 1.53. The van der Waals surface area contributed by atoms with Crippen LogP contribution in [0.3, 0.4) is 0 Å². The number of imidazole rings is 1. The molecule has 0 spiro atoms. The van der Waals surface area contributed by atoms with Crippen molar-refractivity contribution >= 4 is 17.0 Å². The fourth-order valence-corrected chi connectivity index (χ4v) is 3.00. The van der Waals surface area contributed by atoms with Crippen LogP contribution in [0.5, 0.6) is 0 Å². The third-order valence-corrected chi connectivity index (χ3v) is 4.07. The number of fused-ring (bicyclic) bond motifs is 1. The van der Waals surface area contributed by atoms with E-state index in [9.17, 15) is 4.79 Å². The molecule has 3 aromatic heterocycles. The average molecular weight is 327 g/mol. The fourth-order valence-electron chi connectivity index (χ4n) is 3.00. The van der Waals surface area contributed by atoms with Crippen LogP contribution in [-0.4, -0.2) is 56.2 Å². The zero-order valence-electron chi connectivity index (χ0n) is 13.0. The standard InChI is InChI=1S/C15H17N7O2/c23-12-4-11(16-7-17-12)3-10-5-22(1-2-24-6-10)15-13-14(19-8-18-13)20-9-21-15/h4,7-10H,1-3,5-6H2,(H,16,17,23)(H,18,19,20,21). The number of H-pyrrole nitrogens is 2. The van der Waals surface area contributed by atoms with Crippen LogP contribution in [0.25, 0.3) is 11.2 Å². The van der Waals surface area contributed by atoms with Crippen LogP contribution in [0.4, 0.5) is 5.82 Å². The van der Waals surface area contributed by atoms with E-state index in [2.05, 4.69) is 34.8 Å². The Bertz CT molecular complexity index is 890. The van der Waals surface area contributed by atoms with Crippen molar-refractivity contribution in [1.82, 2.24) is 29.9 Å².